The summed E-state index contributed by atoms with van der Waals surface area (Å²) < 4.78 is 7.55. The van der Waals surface area contributed by atoms with Gasteiger partial charge < -0.3 is 14.5 Å². The molecule has 0 radical (unpaired) electrons. The van der Waals surface area contributed by atoms with Crippen LogP contribution in [0.15, 0.2) is 35.5 Å². The molecule has 1 saturated heterocycles. The Kier molecular flexibility index (Phi) is 6.94. The molecular formula is C22H31N5O2S. The van der Waals surface area contributed by atoms with Gasteiger partial charge in [0.2, 0.25) is 11.9 Å². The van der Waals surface area contributed by atoms with Crippen LogP contribution in [0.5, 0.6) is 0 Å². The molecule has 1 saturated carbocycles. The SMILES string of the molecule is CC1CCC(N(C)C(=O)CSc2nnc(N3CCOCC3)n2-c2ccccc2)CC1. The topological polar surface area (TPSA) is 63.5 Å². The van der Waals surface area contributed by atoms with Gasteiger partial charge in [-0.25, -0.2) is 0 Å². The highest BCUT2D eigenvalue weighted by atomic mass is 32.2. The quantitative estimate of drug-likeness (QED) is 0.657. The zero-order chi connectivity index (χ0) is 20.9. The number of thioether (sulfide) groups is 1. The summed E-state index contributed by atoms with van der Waals surface area (Å²) in [7, 11) is 1.95. The predicted molar refractivity (Wildman–Crippen MR) is 119 cm³/mol. The third-order valence-corrected chi connectivity index (χ3v) is 7.09. The molecule has 0 unspecified atom stereocenters. The molecule has 1 aromatic carbocycles. The fourth-order valence-electron chi connectivity index (χ4n) is 4.19. The van der Waals surface area contributed by atoms with E-state index in [4.69, 9.17) is 4.74 Å². The Morgan fingerprint density at radius 3 is 2.53 bits per heavy atom. The van der Waals surface area contributed by atoms with Gasteiger partial charge in [-0.15, -0.1) is 10.2 Å². The summed E-state index contributed by atoms with van der Waals surface area (Å²) in [6, 6.07) is 10.5. The summed E-state index contributed by atoms with van der Waals surface area (Å²) in [4.78, 5) is 17.0. The molecular weight excluding hydrogens is 398 g/mol. The van der Waals surface area contributed by atoms with Crippen LogP contribution in [0.25, 0.3) is 5.69 Å². The lowest BCUT2D eigenvalue weighted by atomic mass is 9.87. The van der Waals surface area contributed by atoms with Gasteiger partial charge in [-0.1, -0.05) is 36.9 Å². The van der Waals surface area contributed by atoms with E-state index in [0.717, 1.165) is 48.6 Å². The molecule has 2 aliphatic rings. The number of benzene rings is 1. The third-order valence-electron chi connectivity index (χ3n) is 6.18. The number of rotatable bonds is 6. The van der Waals surface area contributed by atoms with Crippen LogP contribution in [0.3, 0.4) is 0 Å². The van der Waals surface area contributed by atoms with Crippen LogP contribution < -0.4 is 4.90 Å². The molecule has 2 heterocycles. The van der Waals surface area contributed by atoms with E-state index < -0.39 is 0 Å². The van der Waals surface area contributed by atoms with Crippen LogP contribution in [0.2, 0.25) is 0 Å². The minimum Gasteiger partial charge on any atom is -0.378 e. The highest BCUT2D eigenvalue weighted by Gasteiger charge is 2.26. The first-order valence-corrected chi connectivity index (χ1v) is 11.8. The number of ether oxygens (including phenoxy) is 1. The smallest absolute Gasteiger partial charge is 0.233 e. The van der Waals surface area contributed by atoms with Crippen molar-refractivity contribution in [2.75, 3.05) is 44.0 Å². The number of hydrogen-bond donors (Lipinski definition) is 0. The molecule has 0 N–H and O–H groups in total. The molecule has 1 aliphatic carbocycles. The van der Waals surface area contributed by atoms with E-state index in [-0.39, 0.29) is 5.91 Å². The lowest BCUT2D eigenvalue weighted by Crippen LogP contribution is -2.40. The summed E-state index contributed by atoms with van der Waals surface area (Å²) in [6.45, 7) is 5.26. The first kappa shape index (κ1) is 21.2. The van der Waals surface area contributed by atoms with Crippen molar-refractivity contribution in [2.24, 2.45) is 5.92 Å². The van der Waals surface area contributed by atoms with Crippen molar-refractivity contribution in [3.05, 3.63) is 30.3 Å². The summed E-state index contributed by atoms with van der Waals surface area (Å²) in [5.41, 5.74) is 1.01. The molecule has 162 valence electrons. The summed E-state index contributed by atoms with van der Waals surface area (Å²) >= 11 is 1.47. The number of amides is 1. The van der Waals surface area contributed by atoms with E-state index in [1.807, 2.05) is 30.1 Å². The molecule has 0 spiro atoms. The zero-order valence-corrected chi connectivity index (χ0v) is 18.7. The maximum absolute atomic E-state index is 12.9. The first-order valence-electron chi connectivity index (χ1n) is 10.9. The third kappa shape index (κ3) is 4.81. The van der Waals surface area contributed by atoms with Crippen LogP contribution in [0.1, 0.15) is 32.6 Å². The lowest BCUT2D eigenvalue weighted by Gasteiger charge is -2.33. The minimum absolute atomic E-state index is 0.162. The average Bonchev–Trinajstić information content (AvgIpc) is 3.22. The maximum atomic E-state index is 12.9. The van der Waals surface area contributed by atoms with Crippen LogP contribution in [0, 0.1) is 5.92 Å². The lowest BCUT2D eigenvalue weighted by molar-refractivity contribution is -0.129. The van der Waals surface area contributed by atoms with Crippen molar-refractivity contribution in [1.82, 2.24) is 19.7 Å². The number of nitrogens with zero attached hydrogens (tertiary/aromatic N) is 5. The number of carbonyl (C=O) groups excluding carboxylic acids is 1. The van der Waals surface area contributed by atoms with Crippen molar-refractivity contribution in [2.45, 2.75) is 43.8 Å². The molecule has 1 aromatic heterocycles. The molecule has 30 heavy (non-hydrogen) atoms. The Hall–Kier alpha value is -2.06. The van der Waals surface area contributed by atoms with Crippen molar-refractivity contribution in [3.8, 4) is 5.69 Å². The first-order chi connectivity index (χ1) is 14.6. The normalized spacial score (nSPS) is 22.1. The van der Waals surface area contributed by atoms with E-state index in [9.17, 15) is 4.79 Å². The van der Waals surface area contributed by atoms with Crippen molar-refractivity contribution in [1.29, 1.82) is 0 Å². The van der Waals surface area contributed by atoms with Gasteiger partial charge in [0.1, 0.15) is 0 Å². The van der Waals surface area contributed by atoms with Gasteiger partial charge in [-0.2, -0.15) is 0 Å². The number of carbonyl (C=O) groups is 1. The second-order valence-corrected chi connectivity index (χ2v) is 9.20. The van der Waals surface area contributed by atoms with Gasteiger partial charge in [-0.3, -0.25) is 9.36 Å². The van der Waals surface area contributed by atoms with Gasteiger partial charge in [0.25, 0.3) is 0 Å². The van der Waals surface area contributed by atoms with E-state index in [1.54, 1.807) is 0 Å². The van der Waals surface area contributed by atoms with Crippen LogP contribution in [-0.2, 0) is 9.53 Å². The molecule has 0 atom stereocenters. The van der Waals surface area contributed by atoms with Crippen LogP contribution >= 0.6 is 11.8 Å². The maximum Gasteiger partial charge on any atom is 0.233 e. The number of hydrogen-bond acceptors (Lipinski definition) is 6. The molecule has 8 heteroatoms. The van der Waals surface area contributed by atoms with E-state index in [0.29, 0.717) is 25.0 Å². The number of anilines is 1. The van der Waals surface area contributed by atoms with Crippen molar-refractivity contribution >= 4 is 23.6 Å². The highest BCUT2D eigenvalue weighted by molar-refractivity contribution is 7.99. The van der Waals surface area contributed by atoms with Crippen LogP contribution in [-0.4, -0.2) is 70.7 Å². The van der Waals surface area contributed by atoms with Gasteiger partial charge in [-0.05, 0) is 43.7 Å². The monoisotopic (exact) mass is 429 g/mol. The van der Waals surface area contributed by atoms with Gasteiger partial charge in [0.05, 0.1) is 24.7 Å². The molecule has 2 aromatic rings. The number of morpholine rings is 1. The predicted octanol–water partition coefficient (Wildman–Crippen LogP) is 3.23. The average molecular weight is 430 g/mol. The molecule has 1 amide bonds. The largest absolute Gasteiger partial charge is 0.378 e. The second kappa shape index (κ2) is 9.83. The van der Waals surface area contributed by atoms with Gasteiger partial charge in [0.15, 0.2) is 5.16 Å². The van der Waals surface area contributed by atoms with Crippen molar-refractivity contribution in [3.63, 3.8) is 0 Å². The number of para-hydroxylation sites is 1. The summed E-state index contributed by atoms with van der Waals surface area (Å²) in [5, 5.41) is 9.67. The van der Waals surface area contributed by atoms with Crippen LogP contribution in [0.4, 0.5) is 5.95 Å². The summed E-state index contributed by atoms with van der Waals surface area (Å²) in [6.07, 6.45) is 4.63. The molecule has 2 fully saturated rings. The fourth-order valence-corrected chi connectivity index (χ4v) is 5.06. The van der Waals surface area contributed by atoms with Gasteiger partial charge >= 0.3 is 0 Å². The Bertz CT molecular complexity index is 829. The number of aromatic nitrogens is 3. The van der Waals surface area contributed by atoms with Gasteiger partial charge in [0, 0.05) is 26.2 Å². The zero-order valence-electron chi connectivity index (χ0n) is 17.9. The van der Waals surface area contributed by atoms with Crippen molar-refractivity contribution < 1.29 is 9.53 Å². The minimum atomic E-state index is 0.162. The Balaban J connectivity index is 1.48. The fraction of sp³-hybridized carbons (Fsp3) is 0.591. The Labute approximate surface area is 182 Å². The molecule has 4 rings (SSSR count). The standard InChI is InChI=1S/C22H31N5O2S/c1-17-8-10-18(11-9-17)25(2)20(28)16-30-22-24-23-21(26-12-14-29-15-13-26)27(22)19-6-4-3-5-7-19/h3-7,17-18H,8-16H2,1-2H3. The molecule has 7 nitrogen and oxygen atoms in total. The second-order valence-electron chi connectivity index (χ2n) is 8.26. The van der Waals surface area contributed by atoms with E-state index >= 15 is 0 Å². The Morgan fingerprint density at radius 2 is 1.83 bits per heavy atom. The molecule has 0 bridgehead atoms. The Morgan fingerprint density at radius 1 is 1.13 bits per heavy atom. The highest BCUT2D eigenvalue weighted by Crippen LogP contribution is 2.29. The molecule has 1 aliphatic heterocycles. The van der Waals surface area contributed by atoms with E-state index in [2.05, 4.69) is 38.7 Å². The van der Waals surface area contributed by atoms with E-state index in [1.165, 1.54) is 24.6 Å². The summed E-state index contributed by atoms with van der Waals surface area (Å²) in [5.74, 6) is 2.13.